The van der Waals surface area contributed by atoms with Crippen molar-refractivity contribution in [3.8, 4) is 0 Å². The second-order valence-corrected chi connectivity index (χ2v) is 4.86. The molecule has 90 valence electrons. The summed E-state index contributed by atoms with van der Waals surface area (Å²) in [7, 11) is 0. The molecule has 3 nitrogen and oxygen atoms in total. The average molecular weight is 232 g/mol. The summed E-state index contributed by atoms with van der Waals surface area (Å²) in [6, 6.07) is 5.47. The quantitative estimate of drug-likeness (QED) is 0.815. The third-order valence-electron chi connectivity index (χ3n) is 3.33. The zero-order valence-corrected chi connectivity index (χ0v) is 10.1. The van der Waals surface area contributed by atoms with Crippen LogP contribution < -0.4 is 0 Å². The molecular weight excluding hydrogens is 216 g/mol. The summed E-state index contributed by atoms with van der Waals surface area (Å²) in [5.41, 5.74) is 2.52. The van der Waals surface area contributed by atoms with Crippen LogP contribution in [0.4, 0.5) is 0 Å². The van der Waals surface area contributed by atoms with Crippen molar-refractivity contribution in [2.24, 2.45) is 5.92 Å². The smallest absolute Gasteiger partial charge is 0.310 e. The number of hydrogen-bond donors (Lipinski definition) is 1. The normalized spacial score (nSPS) is 18.2. The molecule has 17 heavy (non-hydrogen) atoms. The molecule has 0 spiro atoms. The van der Waals surface area contributed by atoms with E-state index in [1.54, 1.807) is 6.07 Å². The van der Waals surface area contributed by atoms with Crippen LogP contribution in [0.15, 0.2) is 18.2 Å². The van der Waals surface area contributed by atoms with E-state index in [0.717, 1.165) is 17.5 Å². The summed E-state index contributed by atoms with van der Waals surface area (Å²) in [5.74, 6) is -1.22. The highest BCUT2D eigenvalue weighted by atomic mass is 16.4. The first kappa shape index (κ1) is 11.8. The molecule has 1 unspecified atom stereocenters. The van der Waals surface area contributed by atoms with E-state index in [1.165, 1.54) is 0 Å². The zero-order valence-electron chi connectivity index (χ0n) is 10.1. The van der Waals surface area contributed by atoms with E-state index in [9.17, 15) is 9.59 Å². The number of fused-ring (bicyclic) bond motifs is 1. The van der Waals surface area contributed by atoms with Gasteiger partial charge in [0.2, 0.25) is 0 Å². The van der Waals surface area contributed by atoms with E-state index in [1.807, 2.05) is 26.0 Å². The fraction of sp³-hybridized carbons (Fsp3) is 0.429. The lowest BCUT2D eigenvalue weighted by Gasteiger charge is -2.09. The van der Waals surface area contributed by atoms with Crippen LogP contribution in [0.2, 0.25) is 0 Å². The summed E-state index contributed by atoms with van der Waals surface area (Å²) >= 11 is 0. The molecule has 0 saturated carbocycles. The van der Waals surface area contributed by atoms with Crippen LogP contribution in [0.1, 0.15) is 47.7 Å². The van der Waals surface area contributed by atoms with Crippen molar-refractivity contribution >= 4 is 11.8 Å². The van der Waals surface area contributed by atoms with E-state index >= 15 is 0 Å². The number of Topliss-reactive ketones (excluding diaryl/α,β-unsaturated/α-hetero) is 1. The van der Waals surface area contributed by atoms with Crippen LogP contribution in [0.25, 0.3) is 0 Å². The Balaban J connectivity index is 2.40. The molecule has 1 atom stereocenters. The third-order valence-corrected chi connectivity index (χ3v) is 3.33. The fourth-order valence-corrected chi connectivity index (χ4v) is 2.35. The molecule has 0 heterocycles. The molecule has 0 aromatic heterocycles. The van der Waals surface area contributed by atoms with Crippen molar-refractivity contribution in [2.75, 3.05) is 0 Å². The summed E-state index contributed by atoms with van der Waals surface area (Å²) in [6.07, 6.45) is 1.44. The van der Waals surface area contributed by atoms with Crippen molar-refractivity contribution in [1.82, 2.24) is 0 Å². The molecule has 1 aromatic rings. The fourth-order valence-electron chi connectivity index (χ4n) is 2.35. The minimum absolute atomic E-state index is 0.0577. The SMILES string of the molecule is CC(C)C(=O)c1ccc2c(c1)C(C(=O)O)CC2. The topological polar surface area (TPSA) is 54.4 Å². The van der Waals surface area contributed by atoms with Gasteiger partial charge in [0.25, 0.3) is 0 Å². The monoisotopic (exact) mass is 232 g/mol. The predicted octanol–water partition coefficient (Wildman–Crippen LogP) is 2.64. The number of hydrogen-bond acceptors (Lipinski definition) is 2. The van der Waals surface area contributed by atoms with E-state index in [2.05, 4.69) is 0 Å². The maximum Gasteiger partial charge on any atom is 0.310 e. The second-order valence-electron chi connectivity index (χ2n) is 4.86. The highest BCUT2D eigenvalue weighted by molar-refractivity contribution is 5.98. The number of aryl methyl sites for hydroxylation is 1. The summed E-state index contributed by atoms with van der Waals surface area (Å²) in [6.45, 7) is 3.70. The summed E-state index contributed by atoms with van der Waals surface area (Å²) in [4.78, 5) is 23.0. The van der Waals surface area contributed by atoms with E-state index in [4.69, 9.17) is 5.11 Å². The van der Waals surface area contributed by atoms with Gasteiger partial charge in [-0.05, 0) is 30.0 Å². The van der Waals surface area contributed by atoms with Crippen molar-refractivity contribution in [1.29, 1.82) is 0 Å². The molecule has 1 aliphatic carbocycles. The first-order chi connectivity index (χ1) is 8.00. The third kappa shape index (κ3) is 2.09. The number of rotatable bonds is 3. The van der Waals surface area contributed by atoms with Crippen molar-refractivity contribution in [3.63, 3.8) is 0 Å². The molecule has 3 heteroatoms. The maximum atomic E-state index is 11.9. The Morgan fingerprint density at radius 1 is 1.35 bits per heavy atom. The number of benzene rings is 1. The first-order valence-electron chi connectivity index (χ1n) is 5.90. The van der Waals surface area contributed by atoms with E-state index in [-0.39, 0.29) is 11.7 Å². The highest BCUT2D eigenvalue weighted by Crippen LogP contribution is 2.34. The molecule has 0 fully saturated rings. The largest absolute Gasteiger partial charge is 0.481 e. The van der Waals surface area contributed by atoms with Crippen LogP contribution in [0.5, 0.6) is 0 Å². The van der Waals surface area contributed by atoms with Gasteiger partial charge >= 0.3 is 5.97 Å². The maximum absolute atomic E-state index is 11.9. The van der Waals surface area contributed by atoms with Crippen LogP contribution in [0, 0.1) is 5.92 Å². The van der Waals surface area contributed by atoms with Gasteiger partial charge in [-0.1, -0.05) is 26.0 Å². The number of carbonyl (C=O) groups is 2. The van der Waals surface area contributed by atoms with E-state index < -0.39 is 11.9 Å². The average Bonchev–Trinajstić information content (AvgIpc) is 2.70. The summed E-state index contributed by atoms with van der Waals surface area (Å²) < 4.78 is 0. The Morgan fingerprint density at radius 3 is 2.65 bits per heavy atom. The van der Waals surface area contributed by atoms with Gasteiger partial charge in [0, 0.05) is 11.5 Å². The Hall–Kier alpha value is -1.64. The van der Waals surface area contributed by atoms with E-state index in [0.29, 0.717) is 12.0 Å². The zero-order chi connectivity index (χ0) is 12.6. The minimum Gasteiger partial charge on any atom is -0.481 e. The molecule has 1 N–H and O–H groups in total. The minimum atomic E-state index is -0.794. The number of carboxylic acids is 1. The molecule has 0 bridgehead atoms. The predicted molar refractivity (Wildman–Crippen MR) is 64.3 cm³/mol. The van der Waals surface area contributed by atoms with Gasteiger partial charge in [-0.15, -0.1) is 0 Å². The Bertz CT molecular complexity index is 474. The van der Waals surface area contributed by atoms with Crippen molar-refractivity contribution in [3.05, 3.63) is 34.9 Å². The molecule has 2 rings (SSSR count). The molecule has 0 saturated heterocycles. The van der Waals surface area contributed by atoms with Crippen molar-refractivity contribution in [2.45, 2.75) is 32.6 Å². The summed E-state index contributed by atoms with van der Waals surface area (Å²) in [5, 5.41) is 9.11. The van der Waals surface area contributed by atoms with Crippen LogP contribution in [-0.4, -0.2) is 16.9 Å². The lowest BCUT2D eigenvalue weighted by molar-refractivity contribution is -0.138. The molecule has 0 radical (unpaired) electrons. The molecule has 1 aliphatic rings. The van der Waals surface area contributed by atoms with Crippen LogP contribution in [0.3, 0.4) is 0 Å². The van der Waals surface area contributed by atoms with Crippen molar-refractivity contribution < 1.29 is 14.7 Å². The Labute approximate surface area is 100 Å². The number of carbonyl (C=O) groups excluding carboxylic acids is 1. The van der Waals surface area contributed by atoms with Crippen LogP contribution in [-0.2, 0) is 11.2 Å². The lowest BCUT2D eigenvalue weighted by Crippen LogP contribution is -2.11. The van der Waals surface area contributed by atoms with Gasteiger partial charge in [0.1, 0.15) is 0 Å². The molecule has 1 aromatic carbocycles. The molecule has 0 amide bonds. The lowest BCUT2D eigenvalue weighted by atomic mass is 9.94. The van der Waals surface area contributed by atoms with Gasteiger partial charge in [0.15, 0.2) is 5.78 Å². The Morgan fingerprint density at radius 2 is 2.06 bits per heavy atom. The van der Waals surface area contributed by atoms with Gasteiger partial charge < -0.3 is 5.11 Å². The second kappa shape index (κ2) is 4.32. The molecular formula is C14H16O3. The highest BCUT2D eigenvalue weighted by Gasteiger charge is 2.29. The van der Waals surface area contributed by atoms with Gasteiger partial charge in [0.05, 0.1) is 5.92 Å². The Kier molecular flexibility index (Phi) is 3.01. The number of aliphatic carboxylic acids is 1. The molecule has 0 aliphatic heterocycles. The van der Waals surface area contributed by atoms with Gasteiger partial charge in [-0.3, -0.25) is 9.59 Å². The first-order valence-corrected chi connectivity index (χ1v) is 5.90. The standard InChI is InChI=1S/C14H16O3/c1-8(2)13(15)10-4-3-9-5-6-11(14(16)17)12(9)7-10/h3-4,7-8,11H,5-6H2,1-2H3,(H,16,17). The van der Waals surface area contributed by atoms with Gasteiger partial charge in [-0.2, -0.15) is 0 Å². The van der Waals surface area contributed by atoms with Gasteiger partial charge in [-0.25, -0.2) is 0 Å². The number of carboxylic acid groups (broad SMARTS) is 1. The number of ketones is 1. The van der Waals surface area contributed by atoms with Crippen LogP contribution >= 0.6 is 0 Å².